The number of thiophene rings is 1. The number of fused-ring (bicyclic) bond motifs is 1. The lowest BCUT2D eigenvalue weighted by molar-refractivity contribution is -0.118. The molecule has 5 rings (SSSR count). The molecule has 1 unspecified atom stereocenters. The SMILES string of the molecule is Cc1ccc(NC(=O)N2c3ccccc3NC3=C(C(=O)CC(C)(C)C3)C2c2cccs2)cc1C. The maximum atomic E-state index is 14.0. The smallest absolute Gasteiger partial charge is 0.327 e. The number of para-hydroxylation sites is 2. The number of rotatable bonds is 2. The lowest BCUT2D eigenvalue weighted by Crippen LogP contribution is -2.41. The van der Waals surface area contributed by atoms with Crippen LogP contribution in [0.15, 0.2) is 71.2 Å². The molecule has 34 heavy (non-hydrogen) atoms. The summed E-state index contributed by atoms with van der Waals surface area (Å²) in [7, 11) is 0. The maximum absolute atomic E-state index is 14.0. The van der Waals surface area contributed by atoms with E-state index >= 15 is 0 Å². The van der Waals surface area contributed by atoms with Crippen LogP contribution in [-0.2, 0) is 4.79 Å². The Hall–Kier alpha value is -3.38. The first-order valence-corrected chi connectivity index (χ1v) is 12.4. The molecule has 0 radical (unpaired) electrons. The van der Waals surface area contributed by atoms with E-state index < -0.39 is 6.04 Å². The predicted octanol–water partition coefficient (Wildman–Crippen LogP) is 7.21. The summed E-state index contributed by atoms with van der Waals surface area (Å²) < 4.78 is 0. The normalized spacial score (nSPS) is 19.1. The molecule has 1 atom stereocenters. The molecule has 2 aromatic carbocycles. The van der Waals surface area contributed by atoms with Crippen molar-refractivity contribution >= 4 is 40.2 Å². The van der Waals surface area contributed by atoms with Crippen molar-refractivity contribution in [2.24, 2.45) is 5.41 Å². The fraction of sp³-hybridized carbons (Fsp3) is 0.286. The number of benzene rings is 2. The second-order valence-electron chi connectivity index (χ2n) is 9.99. The van der Waals surface area contributed by atoms with Gasteiger partial charge in [0.05, 0.1) is 11.4 Å². The summed E-state index contributed by atoms with van der Waals surface area (Å²) in [5.74, 6) is 0.0916. The monoisotopic (exact) mass is 471 g/mol. The number of carbonyl (C=O) groups excluding carboxylic acids is 2. The highest BCUT2D eigenvalue weighted by molar-refractivity contribution is 7.10. The van der Waals surface area contributed by atoms with E-state index in [-0.39, 0.29) is 17.2 Å². The summed E-state index contributed by atoms with van der Waals surface area (Å²) in [6, 6.07) is 16.9. The van der Waals surface area contributed by atoms with Gasteiger partial charge in [0.15, 0.2) is 5.78 Å². The first-order chi connectivity index (χ1) is 16.2. The maximum Gasteiger partial charge on any atom is 0.327 e. The Morgan fingerprint density at radius 1 is 1.06 bits per heavy atom. The number of nitrogens with zero attached hydrogens (tertiary/aromatic N) is 1. The van der Waals surface area contributed by atoms with Crippen LogP contribution in [-0.4, -0.2) is 11.8 Å². The number of allylic oxidation sites excluding steroid dienone is 1. The molecule has 6 heteroatoms. The summed E-state index contributed by atoms with van der Waals surface area (Å²) >= 11 is 1.57. The summed E-state index contributed by atoms with van der Waals surface area (Å²) in [6.07, 6.45) is 1.20. The molecule has 2 heterocycles. The first kappa shape index (κ1) is 22.4. The molecule has 2 aliphatic rings. The summed E-state index contributed by atoms with van der Waals surface area (Å²) in [5, 5.41) is 8.64. The second kappa shape index (κ2) is 8.44. The first-order valence-electron chi connectivity index (χ1n) is 11.6. The van der Waals surface area contributed by atoms with Crippen LogP contribution in [0.2, 0.25) is 0 Å². The standard InChI is InChI=1S/C28H29N3O2S/c1-17-11-12-19(14-18(17)2)29-27(33)31-22-9-6-5-8-20(22)30-21-15-28(3,4)16-23(32)25(21)26(31)24-10-7-13-34-24/h5-14,26,30H,15-16H2,1-4H3,(H,29,33). The van der Waals surface area contributed by atoms with Crippen LogP contribution in [0.25, 0.3) is 0 Å². The zero-order valence-electron chi connectivity index (χ0n) is 19.9. The molecule has 0 fully saturated rings. The van der Waals surface area contributed by atoms with Gasteiger partial charge in [-0.25, -0.2) is 4.79 Å². The fourth-order valence-corrected chi connectivity index (χ4v) is 5.75. The van der Waals surface area contributed by atoms with Gasteiger partial charge in [-0.15, -0.1) is 11.3 Å². The van der Waals surface area contributed by atoms with Gasteiger partial charge in [-0.1, -0.05) is 38.1 Å². The van der Waals surface area contributed by atoms with Crippen LogP contribution in [0.3, 0.4) is 0 Å². The molecule has 0 saturated heterocycles. The van der Waals surface area contributed by atoms with Crippen molar-refractivity contribution in [3.8, 4) is 0 Å². The highest BCUT2D eigenvalue weighted by atomic mass is 32.1. The number of aryl methyl sites for hydroxylation is 2. The fourth-order valence-electron chi connectivity index (χ4n) is 4.93. The number of nitrogens with one attached hydrogen (secondary N) is 2. The van der Waals surface area contributed by atoms with Gasteiger partial charge in [-0.05, 0) is 72.5 Å². The number of amides is 2. The number of carbonyl (C=O) groups is 2. The number of hydrogen-bond acceptors (Lipinski definition) is 4. The molecule has 0 bridgehead atoms. The van der Waals surface area contributed by atoms with E-state index in [2.05, 4.69) is 31.4 Å². The molecule has 3 aromatic rings. The molecule has 1 aliphatic carbocycles. The van der Waals surface area contributed by atoms with E-state index in [1.807, 2.05) is 66.9 Å². The highest BCUT2D eigenvalue weighted by Crippen LogP contribution is 2.49. The van der Waals surface area contributed by atoms with Crippen LogP contribution >= 0.6 is 11.3 Å². The van der Waals surface area contributed by atoms with Crippen molar-refractivity contribution in [1.29, 1.82) is 0 Å². The van der Waals surface area contributed by atoms with Crippen molar-refractivity contribution in [1.82, 2.24) is 0 Å². The Bertz CT molecular complexity index is 1310. The minimum Gasteiger partial charge on any atom is -0.357 e. The summed E-state index contributed by atoms with van der Waals surface area (Å²) in [5.41, 5.74) is 6.05. The summed E-state index contributed by atoms with van der Waals surface area (Å²) in [4.78, 5) is 30.3. The van der Waals surface area contributed by atoms with Crippen LogP contribution in [0, 0.1) is 19.3 Å². The zero-order valence-corrected chi connectivity index (χ0v) is 20.8. The molecule has 2 N–H and O–H groups in total. The molecule has 0 saturated carbocycles. The van der Waals surface area contributed by atoms with Gasteiger partial charge in [0.1, 0.15) is 6.04 Å². The number of urea groups is 1. The second-order valence-corrected chi connectivity index (χ2v) is 11.0. The Labute approximate surface area is 204 Å². The molecule has 1 aliphatic heterocycles. The van der Waals surface area contributed by atoms with Crippen LogP contribution in [0.5, 0.6) is 0 Å². The lowest BCUT2D eigenvalue weighted by atomic mass is 9.74. The van der Waals surface area contributed by atoms with Gasteiger partial charge in [0.2, 0.25) is 0 Å². The Morgan fingerprint density at radius 3 is 2.59 bits per heavy atom. The topological polar surface area (TPSA) is 61.4 Å². The number of Topliss-reactive ketones (excluding diaryl/α,β-unsaturated/α-hetero) is 1. The molecular formula is C28H29N3O2S. The minimum atomic E-state index is -0.499. The van der Waals surface area contributed by atoms with Gasteiger partial charge in [0, 0.05) is 28.3 Å². The van der Waals surface area contributed by atoms with Gasteiger partial charge in [-0.3, -0.25) is 9.69 Å². The highest BCUT2D eigenvalue weighted by Gasteiger charge is 2.43. The lowest BCUT2D eigenvalue weighted by Gasteiger charge is -2.36. The van der Waals surface area contributed by atoms with Gasteiger partial charge in [0.25, 0.3) is 0 Å². The van der Waals surface area contributed by atoms with Gasteiger partial charge >= 0.3 is 6.03 Å². The third-order valence-electron chi connectivity index (χ3n) is 6.69. The number of ketones is 1. The third-order valence-corrected chi connectivity index (χ3v) is 7.62. The largest absolute Gasteiger partial charge is 0.357 e. The van der Waals surface area contributed by atoms with Crippen molar-refractivity contribution < 1.29 is 9.59 Å². The number of anilines is 3. The van der Waals surface area contributed by atoms with Gasteiger partial charge < -0.3 is 10.6 Å². The average molecular weight is 472 g/mol. The molecule has 1 aromatic heterocycles. The predicted molar refractivity (Wildman–Crippen MR) is 140 cm³/mol. The molecule has 5 nitrogen and oxygen atoms in total. The molecule has 2 amide bonds. The van der Waals surface area contributed by atoms with E-state index in [4.69, 9.17) is 0 Å². The van der Waals surface area contributed by atoms with Crippen molar-refractivity contribution in [3.05, 3.63) is 87.3 Å². The Kier molecular flexibility index (Phi) is 5.56. The van der Waals surface area contributed by atoms with E-state index in [1.54, 1.807) is 16.2 Å². The van der Waals surface area contributed by atoms with E-state index in [0.717, 1.165) is 39.6 Å². The molecular weight excluding hydrogens is 442 g/mol. The van der Waals surface area contributed by atoms with Crippen molar-refractivity contribution in [2.75, 3.05) is 15.5 Å². The van der Waals surface area contributed by atoms with E-state index in [1.165, 1.54) is 5.56 Å². The quantitative estimate of drug-likeness (QED) is 0.415. The number of hydrogen-bond donors (Lipinski definition) is 2. The molecule has 0 spiro atoms. The van der Waals surface area contributed by atoms with Crippen molar-refractivity contribution in [3.63, 3.8) is 0 Å². The Morgan fingerprint density at radius 2 is 1.85 bits per heavy atom. The summed E-state index contributed by atoms with van der Waals surface area (Å²) in [6.45, 7) is 8.33. The van der Waals surface area contributed by atoms with Crippen LogP contribution in [0.1, 0.15) is 48.7 Å². The van der Waals surface area contributed by atoms with Crippen molar-refractivity contribution in [2.45, 2.75) is 46.6 Å². The van der Waals surface area contributed by atoms with E-state index in [0.29, 0.717) is 12.0 Å². The van der Waals surface area contributed by atoms with E-state index in [9.17, 15) is 9.59 Å². The third kappa shape index (κ3) is 4.03. The average Bonchev–Trinajstić information content (AvgIpc) is 3.25. The van der Waals surface area contributed by atoms with Gasteiger partial charge in [-0.2, -0.15) is 0 Å². The Balaban J connectivity index is 1.67. The molecule has 174 valence electrons. The minimum absolute atomic E-state index is 0.0916. The van der Waals surface area contributed by atoms with Crippen LogP contribution < -0.4 is 15.5 Å². The van der Waals surface area contributed by atoms with Crippen LogP contribution in [0.4, 0.5) is 21.9 Å². The zero-order chi connectivity index (χ0) is 24.0.